The van der Waals surface area contributed by atoms with E-state index in [1.165, 1.54) is 13.8 Å². The lowest BCUT2D eigenvalue weighted by Crippen LogP contribution is -2.10. The molecule has 0 amide bonds. The topological polar surface area (TPSA) is 52.6 Å². The molecule has 18 heavy (non-hydrogen) atoms. The van der Waals surface area contributed by atoms with Gasteiger partial charge in [0.05, 0.1) is 0 Å². The van der Waals surface area contributed by atoms with Crippen LogP contribution in [0.4, 0.5) is 0 Å². The molecule has 0 N–H and O–H groups in total. The molecule has 0 aliphatic rings. The first kappa shape index (κ1) is 14.0. The summed E-state index contributed by atoms with van der Waals surface area (Å²) in [5.74, 6) is -0.728. The van der Waals surface area contributed by atoms with Crippen molar-refractivity contribution in [1.29, 1.82) is 0 Å². The molecule has 1 aromatic rings. The maximum Gasteiger partial charge on any atom is 0.302 e. The maximum absolute atomic E-state index is 10.8. The Morgan fingerprint density at radius 1 is 1.00 bits per heavy atom. The van der Waals surface area contributed by atoms with Crippen LogP contribution in [0.15, 0.2) is 35.9 Å². The van der Waals surface area contributed by atoms with E-state index in [1.807, 2.05) is 36.4 Å². The fourth-order valence-corrected chi connectivity index (χ4v) is 1.30. The molecule has 0 atom stereocenters. The predicted molar refractivity (Wildman–Crippen MR) is 67.7 cm³/mol. The summed E-state index contributed by atoms with van der Waals surface area (Å²) in [6.07, 6.45) is 1.84. The Labute approximate surface area is 106 Å². The average molecular weight is 248 g/mol. The van der Waals surface area contributed by atoms with E-state index < -0.39 is 0 Å². The van der Waals surface area contributed by atoms with Crippen LogP contribution in [0, 0.1) is 0 Å². The lowest BCUT2D eigenvalue weighted by molar-refractivity contribution is -0.141. The van der Waals surface area contributed by atoms with Gasteiger partial charge in [0.25, 0.3) is 0 Å². The van der Waals surface area contributed by atoms with E-state index in [0.29, 0.717) is 0 Å². The van der Waals surface area contributed by atoms with E-state index in [9.17, 15) is 9.59 Å². The third kappa shape index (κ3) is 5.84. The normalized spacial score (nSPS) is 9.44. The molecule has 4 heteroatoms. The summed E-state index contributed by atoms with van der Waals surface area (Å²) in [7, 11) is 0. The quantitative estimate of drug-likeness (QED) is 0.749. The SMILES string of the molecule is CC(=O)OCC(=Cc1ccccc1)COC(C)=O. The van der Waals surface area contributed by atoms with Crippen molar-refractivity contribution >= 4 is 18.0 Å². The average Bonchev–Trinajstić information content (AvgIpc) is 2.33. The summed E-state index contributed by atoms with van der Waals surface area (Å²) < 4.78 is 9.82. The lowest BCUT2D eigenvalue weighted by Gasteiger charge is -2.08. The van der Waals surface area contributed by atoms with Gasteiger partial charge >= 0.3 is 11.9 Å². The Balaban J connectivity index is 2.72. The Bertz CT molecular complexity index is 414. The molecular weight excluding hydrogens is 232 g/mol. The van der Waals surface area contributed by atoms with Crippen LogP contribution >= 0.6 is 0 Å². The van der Waals surface area contributed by atoms with Crippen molar-refractivity contribution in [2.24, 2.45) is 0 Å². The number of ether oxygens (including phenoxy) is 2. The Morgan fingerprint density at radius 3 is 1.94 bits per heavy atom. The van der Waals surface area contributed by atoms with Crippen LogP contribution in [0.5, 0.6) is 0 Å². The van der Waals surface area contributed by atoms with Crippen molar-refractivity contribution in [2.45, 2.75) is 13.8 Å². The summed E-state index contributed by atoms with van der Waals surface area (Å²) in [6, 6.07) is 9.56. The van der Waals surface area contributed by atoms with E-state index in [-0.39, 0.29) is 25.2 Å². The smallest absolute Gasteiger partial charge is 0.302 e. The molecule has 0 spiro atoms. The molecule has 0 aliphatic carbocycles. The molecule has 1 rings (SSSR count). The van der Waals surface area contributed by atoms with Crippen molar-refractivity contribution in [2.75, 3.05) is 13.2 Å². The van der Waals surface area contributed by atoms with E-state index in [4.69, 9.17) is 9.47 Å². The number of carbonyl (C=O) groups excluding carboxylic acids is 2. The number of benzene rings is 1. The fraction of sp³-hybridized carbons (Fsp3) is 0.286. The van der Waals surface area contributed by atoms with Gasteiger partial charge in [-0.3, -0.25) is 9.59 Å². The van der Waals surface area contributed by atoms with Gasteiger partial charge in [-0.05, 0) is 11.6 Å². The van der Waals surface area contributed by atoms with Gasteiger partial charge in [-0.25, -0.2) is 0 Å². The maximum atomic E-state index is 10.8. The Hall–Kier alpha value is -2.10. The minimum absolute atomic E-state index is 0.123. The van der Waals surface area contributed by atoms with Crippen LogP contribution in [0.25, 0.3) is 6.08 Å². The van der Waals surface area contributed by atoms with Crippen LogP contribution in [-0.4, -0.2) is 25.2 Å². The lowest BCUT2D eigenvalue weighted by atomic mass is 10.1. The fourth-order valence-electron chi connectivity index (χ4n) is 1.30. The summed E-state index contributed by atoms with van der Waals surface area (Å²) in [4.78, 5) is 21.6. The molecule has 0 fully saturated rings. The van der Waals surface area contributed by atoms with Crippen molar-refractivity contribution in [3.05, 3.63) is 41.5 Å². The molecule has 0 aliphatic heterocycles. The van der Waals surface area contributed by atoms with E-state index in [0.717, 1.165) is 11.1 Å². The molecule has 0 unspecified atom stereocenters. The molecule has 0 saturated carbocycles. The second kappa shape index (κ2) is 7.27. The van der Waals surface area contributed by atoms with Gasteiger partial charge in [0.2, 0.25) is 0 Å². The highest BCUT2D eigenvalue weighted by molar-refractivity contribution is 5.67. The number of hydrogen-bond acceptors (Lipinski definition) is 4. The second-order valence-electron chi connectivity index (χ2n) is 3.77. The van der Waals surface area contributed by atoms with E-state index >= 15 is 0 Å². The molecule has 0 saturated heterocycles. The standard InChI is InChI=1S/C14H16O4/c1-11(15)17-9-14(10-18-12(2)16)8-13-6-4-3-5-7-13/h3-8H,9-10H2,1-2H3. The first-order valence-corrected chi connectivity index (χ1v) is 5.59. The zero-order valence-electron chi connectivity index (χ0n) is 10.5. The number of hydrogen-bond donors (Lipinski definition) is 0. The number of carbonyl (C=O) groups is 2. The number of rotatable bonds is 5. The molecule has 4 nitrogen and oxygen atoms in total. The summed E-state index contributed by atoms with van der Waals surface area (Å²) in [6.45, 7) is 2.92. The van der Waals surface area contributed by atoms with Crippen molar-refractivity contribution in [1.82, 2.24) is 0 Å². The monoisotopic (exact) mass is 248 g/mol. The molecule has 96 valence electrons. The zero-order valence-corrected chi connectivity index (χ0v) is 10.5. The predicted octanol–water partition coefficient (Wildman–Crippen LogP) is 2.20. The summed E-state index contributed by atoms with van der Waals surface area (Å²) in [5, 5.41) is 0. The van der Waals surface area contributed by atoms with Crippen LogP contribution < -0.4 is 0 Å². The van der Waals surface area contributed by atoms with Gasteiger partial charge in [-0.1, -0.05) is 30.3 Å². The summed E-state index contributed by atoms with van der Waals surface area (Å²) >= 11 is 0. The Kier molecular flexibility index (Phi) is 5.64. The number of esters is 2. The zero-order chi connectivity index (χ0) is 13.4. The molecule has 0 heterocycles. The molecule has 0 radical (unpaired) electrons. The van der Waals surface area contributed by atoms with Gasteiger partial charge in [-0.15, -0.1) is 0 Å². The van der Waals surface area contributed by atoms with Gasteiger partial charge in [-0.2, -0.15) is 0 Å². The van der Waals surface area contributed by atoms with Crippen LogP contribution in [0.3, 0.4) is 0 Å². The highest BCUT2D eigenvalue weighted by Gasteiger charge is 2.03. The highest BCUT2D eigenvalue weighted by Crippen LogP contribution is 2.08. The third-order valence-electron chi connectivity index (χ3n) is 2.09. The van der Waals surface area contributed by atoms with Crippen LogP contribution in [0.1, 0.15) is 19.4 Å². The van der Waals surface area contributed by atoms with E-state index in [1.54, 1.807) is 0 Å². The minimum atomic E-state index is -0.364. The third-order valence-corrected chi connectivity index (χ3v) is 2.09. The van der Waals surface area contributed by atoms with Crippen molar-refractivity contribution in [3.8, 4) is 0 Å². The van der Waals surface area contributed by atoms with Gasteiger partial charge in [0, 0.05) is 19.4 Å². The molecule has 0 bridgehead atoms. The Morgan fingerprint density at radius 2 is 1.50 bits per heavy atom. The van der Waals surface area contributed by atoms with Gasteiger partial charge in [0.15, 0.2) is 0 Å². The van der Waals surface area contributed by atoms with Crippen LogP contribution in [-0.2, 0) is 19.1 Å². The van der Waals surface area contributed by atoms with Crippen molar-refractivity contribution in [3.63, 3.8) is 0 Å². The van der Waals surface area contributed by atoms with Gasteiger partial charge < -0.3 is 9.47 Å². The van der Waals surface area contributed by atoms with Gasteiger partial charge in [0.1, 0.15) is 13.2 Å². The van der Waals surface area contributed by atoms with Crippen LogP contribution in [0.2, 0.25) is 0 Å². The second-order valence-corrected chi connectivity index (χ2v) is 3.77. The first-order chi connectivity index (χ1) is 8.58. The highest BCUT2D eigenvalue weighted by atomic mass is 16.5. The minimum Gasteiger partial charge on any atom is -0.461 e. The van der Waals surface area contributed by atoms with E-state index in [2.05, 4.69) is 0 Å². The molecule has 1 aromatic carbocycles. The molecule has 0 aromatic heterocycles. The molecular formula is C14H16O4. The summed E-state index contributed by atoms with van der Waals surface area (Å²) in [5.41, 5.74) is 1.69. The largest absolute Gasteiger partial charge is 0.461 e. The first-order valence-electron chi connectivity index (χ1n) is 5.59. The van der Waals surface area contributed by atoms with Crippen molar-refractivity contribution < 1.29 is 19.1 Å².